The number of benzene rings is 1. The zero-order valence-electron chi connectivity index (χ0n) is 7.87. The molecule has 0 fully saturated rings. The van der Waals surface area contributed by atoms with Crippen molar-refractivity contribution in [2.75, 3.05) is 24.7 Å². The molecule has 15 heavy (non-hydrogen) atoms. The second kappa shape index (κ2) is 4.06. The lowest BCUT2D eigenvalue weighted by Crippen LogP contribution is -2.40. The van der Waals surface area contributed by atoms with Crippen LogP contribution in [0.1, 0.15) is 0 Å². The average molecular weight is 230 g/mol. The van der Waals surface area contributed by atoms with E-state index in [1.54, 1.807) is 18.2 Å². The quantitative estimate of drug-likeness (QED) is 0.777. The van der Waals surface area contributed by atoms with Gasteiger partial charge >= 0.3 is 0 Å². The van der Waals surface area contributed by atoms with Crippen molar-refractivity contribution in [3.05, 3.63) is 23.2 Å². The molecular formula is C10H9ClFNO2. The minimum atomic E-state index is -0.586. The third-order valence-electron chi connectivity index (χ3n) is 2.17. The Balaban J connectivity index is 2.41. The van der Waals surface area contributed by atoms with Crippen LogP contribution in [0.4, 0.5) is 10.1 Å². The minimum absolute atomic E-state index is 0.0372. The van der Waals surface area contributed by atoms with E-state index in [2.05, 4.69) is 0 Å². The molecule has 1 aromatic carbocycles. The van der Waals surface area contributed by atoms with Gasteiger partial charge in [0.05, 0.1) is 12.2 Å². The van der Waals surface area contributed by atoms with Crippen molar-refractivity contribution in [3.8, 4) is 5.75 Å². The Kier molecular flexibility index (Phi) is 2.77. The van der Waals surface area contributed by atoms with Crippen molar-refractivity contribution in [1.82, 2.24) is 0 Å². The Morgan fingerprint density at radius 3 is 3.07 bits per heavy atom. The Morgan fingerprint density at radius 2 is 2.33 bits per heavy atom. The summed E-state index contributed by atoms with van der Waals surface area (Å²) in [5, 5.41) is 0.496. The van der Waals surface area contributed by atoms with E-state index in [0.717, 1.165) is 0 Å². The van der Waals surface area contributed by atoms with Gasteiger partial charge in [0.2, 0.25) is 0 Å². The zero-order chi connectivity index (χ0) is 10.8. The standard InChI is InChI=1S/C10H9ClFNO2/c11-7-1-2-9-8(5-7)13(4-3-12)10(14)6-15-9/h1-2,5H,3-4,6H2. The van der Waals surface area contributed by atoms with Crippen LogP contribution in [0.15, 0.2) is 18.2 Å². The molecule has 5 heteroatoms. The van der Waals surface area contributed by atoms with E-state index in [9.17, 15) is 9.18 Å². The number of hydrogen-bond donors (Lipinski definition) is 0. The van der Waals surface area contributed by atoms with E-state index >= 15 is 0 Å². The molecule has 1 aromatic rings. The molecule has 0 saturated heterocycles. The van der Waals surface area contributed by atoms with E-state index in [0.29, 0.717) is 16.5 Å². The number of ether oxygens (including phenoxy) is 1. The smallest absolute Gasteiger partial charge is 0.265 e. The van der Waals surface area contributed by atoms with Gasteiger partial charge in [-0.15, -0.1) is 0 Å². The summed E-state index contributed by atoms with van der Waals surface area (Å²) in [5.41, 5.74) is 0.538. The summed E-state index contributed by atoms with van der Waals surface area (Å²) >= 11 is 5.80. The molecule has 0 N–H and O–H groups in total. The van der Waals surface area contributed by atoms with Crippen LogP contribution in [-0.4, -0.2) is 25.7 Å². The fraction of sp³-hybridized carbons (Fsp3) is 0.300. The second-order valence-electron chi connectivity index (χ2n) is 3.14. The molecule has 0 aromatic heterocycles. The fourth-order valence-electron chi connectivity index (χ4n) is 1.50. The van der Waals surface area contributed by atoms with E-state index in [1.165, 1.54) is 4.90 Å². The van der Waals surface area contributed by atoms with Crippen LogP contribution in [0.5, 0.6) is 5.75 Å². The normalized spacial score (nSPS) is 14.8. The maximum absolute atomic E-state index is 12.3. The highest BCUT2D eigenvalue weighted by atomic mass is 35.5. The number of halogens is 2. The molecule has 80 valence electrons. The van der Waals surface area contributed by atoms with Gasteiger partial charge in [-0.3, -0.25) is 4.79 Å². The van der Waals surface area contributed by atoms with Gasteiger partial charge in [0, 0.05) is 5.02 Å². The maximum Gasteiger partial charge on any atom is 0.265 e. The monoisotopic (exact) mass is 229 g/mol. The highest BCUT2D eigenvalue weighted by Crippen LogP contribution is 2.34. The molecule has 2 rings (SSSR count). The van der Waals surface area contributed by atoms with E-state index in [1.807, 2.05) is 0 Å². The van der Waals surface area contributed by atoms with Gasteiger partial charge in [-0.2, -0.15) is 0 Å². The van der Waals surface area contributed by atoms with Gasteiger partial charge in [0.1, 0.15) is 12.4 Å². The molecule has 0 saturated carbocycles. The molecule has 0 radical (unpaired) electrons. The summed E-state index contributed by atoms with van der Waals surface area (Å²) in [6.45, 7) is -0.595. The predicted molar refractivity (Wildman–Crippen MR) is 55.3 cm³/mol. The summed E-state index contributed by atoms with van der Waals surface area (Å²) in [6, 6.07) is 4.95. The number of alkyl halides is 1. The van der Waals surface area contributed by atoms with Crippen LogP contribution < -0.4 is 9.64 Å². The zero-order valence-corrected chi connectivity index (χ0v) is 8.63. The van der Waals surface area contributed by atoms with Gasteiger partial charge in [0.15, 0.2) is 6.61 Å². The van der Waals surface area contributed by atoms with Crippen molar-refractivity contribution in [2.45, 2.75) is 0 Å². The molecule has 0 spiro atoms. The number of carbonyl (C=O) groups is 1. The third-order valence-corrected chi connectivity index (χ3v) is 2.41. The van der Waals surface area contributed by atoms with E-state index in [-0.39, 0.29) is 19.1 Å². The molecule has 0 aliphatic carbocycles. The molecule has 0 atom stereocenters. The van der Waals surface area contributed by atoms with Gasteiger partial charge in [-0.25, -0.2) is 4.39 Å². The van der Waals surface area contributed by atoms with Crippen molar-refractivity contribution >= 4 is 23.2 Å². The molecule has 1 amide bonds. The van der Waals surface area contributed by atoms with Crippen LogP contribution >= 0.6 is 11.6 Å². The Labute approximate surface area is 91.4 Å². The highest BCUT2D eigenvalue weighted by molar-refractivity contribution is 6.31. The van der Waals surface area contributed by atoms with Crippen molar-refractivity contribution < 1.29 is 13.9 Å². The van der Waals surface area contributed by atoms with E-state index in [4.69, 9.17) is 16.3 Å². The SMILES string of the molecule is O=C1COc2ccc(Cl)cc2N1CCF. The number of amides is 1. The van der Waals surface area contributed by atoms with Crippen molar-refractivity contribution in [3.63, 3.8) is 0 Å². The number of nitrogens with zero attached hydrogens (tertiary/aromatic N) is 1. The first-order valence-corrected chi connectivity index (χ1v) is 4.89. The molecule has 0 unspecified atom stereocenters. The van der Waals surface area contributed by atoms with E-state index < -0.39 is 6.67 Å². The minimum Gasteiger partial charge on any atom is -0.482 e. The summed E-state index contributed by atoms with van der Waals surface area (Å²) in [5.74, 6) is 0.315. The summed E-state index contributed by atoms with van der Waals surface area (Å²) in [6.07, 6.45) is 0. The molecule has 1 aliphatic heterocycles. The van der Waals surface area contributed by atoms with Gasteiger partial charge in [-0.05, 0) is 18.2 Å². The van der Waals surface area contributed by atoms with Crippen LogP contribution in [-0.2, 0) is 4.79 Å². The Morgan fingerprint density at radius 1 is 1.53 bits per heavy atom. The number of rotatable bonds is 2. The second-order valence-corrected chi connectivity index (χ2v) is 3.57. The Hall–Kier alpha value is -1.29. The molecule has 0 bridgehead atoms. The van der Waals surface area contributed by atoms with Crippen LogP contribution in [0.2, 0.25) is 5.02 Å². The van der Waals surface area contributed by atoms with Crippen LogP contribution in [0.25, 0.3) is 0 Å². The lowest BCUT2D eigenvalue weighted by molar-refractivity contribution is -0.121. The molecule has 1 heterocycles. The predicted octanol–water partition coefficient (Wildman–Crippen LogP) is 2.03. The summed E-state index contributed by atoms with van der Waals surface area (Å²) in [4.78, 5) is 12.8. The summed E-state index contributed by atoms with van der Waals surface area (Å²) < 4.78 is 17.5. The van der Waals surface area contributed by atoms with Crippen LogP contribution in [0, 0.1) is 0 Å². The topological polar surface area (TPSA) is 29.5 Å². The van der Waals surface area contributed by atoms with Crippen molar-refractivity contribution in [2.24, 2.45) is 0 Å². The maximum atomic E-state index is 12.3. The van der Waals surface area contributed by atoms with Gasteiger partial charge in [0.25, 0.3) is 5.91 Å². The highest BCUT2D eigenvalue weighted by Gasteiger charge is 2.25. The van der Waals surface area contributed by atoms with Gasteiger partial charge in [-0.1, -0.05) is 11.6 Å². The summed E-state index contributed by atoms with van der Waals surface area (Å²) in [7, 11) is 0. The number of anilines is 1. The molecule has 1 aliphatic rings. The first-order chi connectivity index (χ1) is 7.22. The molecule has 3 nitrogen and oxygen atoms in total. The fourth-order valence-corrected chi connectivity index (χ4v) is 1.67. The number of carbonyl (C=O) groups excluding carboxylic acids is 1. The Bertz CT molecular complexity index is 397. The van der Waals surface area contributed by atoms with Gasteiger partial charge < -0.3 is 9.64 Å². The molecular weight excluding hydrogens is 221 g/mol. The average Bonchev–Trinajstić information content (AvgIpc) is 2.23. The lowest BCUT2D eigenvalue weighted by Gasteiger charge is -2.28. The van der Waals surface area contributed by atoms with Crippen LogP contribution in [0.3, 0.4) is 0 Å². The first-order valence-electron chi connectivity index (χ1n) is 4.51. The lowest BCUT2D eigenvalue weighted by atomic mass is 10.2. The van der Waals surface area contributed by atoms with Crippen molar-refractivity contribution in [1.29, 1.82) is 0 Å². The first kappa shape index (κ1) is 10.2. The third kappa shape index (κ3) is 1.90. The largest absolute Gasteiger partial charge is 0.482 e. The number of fused-ring (bicyclic) bond motifs is 1. The number of hydrogen-bond acceptors (Lipinski definition) is 2.